The Kier molecular flexibility index (Phi) is 5.49. The number of hydrogen-bond donors (Lipinski definition) is 1. The van der Waals surface area contributed by atoms with Gasteiger partial charge in [0.25, 0.3) is 0 Å². The van der Waals surface area contributed by atoms with E-state index in [-0.39, 0.29) is 5.91 Å². The Labute approximate surface area is 153 Å². The van der Waals surface area contributed by atoms with Gasteiger partial charge in [0, 0.05) is 18.3 Å². The largest absolute Gasteiger partial charge is 0.361 e. The van der Waals surface area contributed by atoms with Gasteiger partial charge in [-0.3, -0.25) is 9.69 Å². The Hall–Kier alpha value is -2.92. The average molecular weight is 349 g/mol. The lowest BCUT2D eigenvalue weighted by atomic mass is 10.0. The van der Waals surface area contributed by atoms with Gasteiger partial charge in [0.2, 0.25) is 5.91 Å². The summed E-state index contributed by atoms with van der Waals surface area (Å²) >= 11 is 0. The minimum absolute atomic E-state index is 0.0808. The first-order valence-corrected chi connectivity index (χ1v) is 8.58. The highest BCUT2D eigenvalue weighted by molar-refractivity contribution is 5.95. The van der Waals surface area contributed by atoms with E-state index < -0.39 is 6.04 Å². The van der Waals surface area contributed by atoms with E-state index in [9.17, 15) is 4.79 Å². The first-order valence-electron chi connectivity index (χ1n) is 8.58. The van der Waals surface area contributed by atoms with Gasteiger partial charge in [0.15, 0.2) is 0 Å². The van der Waals surface area contributed by atoms with E-state index in [4.69, 9.17) is 4.52 Å². The predicted octanol–water partition coefficient (Wildman–Crippen LogP) is 4.10. The molecule has 0 aliphatic rings. The number of nitrogens with zero attached hydrogens (tertiary/aromatic N) is 2. The fourth-order valence-electron chi connectivity index (χ4n) is 2.93. The average Bonchev–Trinajstić information content (AvgIpc) is 3.03. The van der Waals surface area contributed by atoms with Crippen LogP contribution in [0.25, 0.3) is 0 Å². The van der Waals surface area contributed by atoms with Crippen molar-refractivity contribution in [3.63, 3.8) is 0 Å². The van der Waals surface area contributed by atoms with Gasteiger partial charge in [-0.1, -0.05) is 53.2 Å². The second-order valence-electron chi connectivity index (χ2n) is 6.51. The molecule has 0 aliphatic heterocycles. The van der Waals surface area contributed by atoms with Crippen LogP contribution in [-0.4, -0.2) is 23.0 Å². The monoisotopic (exact) mass is 349 g/mol. The predicted molar refractivity (Wildman–Crippen MR) is 102 cm³/mol. The second-order valence-corrected chi connectivity index (χ2v) is 6.51. The zero-order valence-corrected chi connectivity index (χ0v) is 15.3. The Morgan fingerprint density at radius 2 is 1.81 bits per heavy atom. The van der Waals surface area contributed by atoms with Crippen LogP contribution < -0.4 is 5.32 Å². The van der Waals surface area contributed by atoms with E-state index in [0.29, 0.717) is 6.54 Å². The molecule has 0 saturated carbocycles. The van der Waals surface area contributed by atoms with Crippen LogP contribution in [0.2, 0.25) is 0 Å². The van der Waals surface area contributed by atoms with Gasteiger partial charge in [0.05, 0.1) is 5.69 Å². The molecular formula is C21H23N3O2. The van der Waals surface area contributed by atoms with Crippen molar-refractivity contribution in [1.29, 1.82) is 0 Å². The molecule has 0 radical (unpaired) electrons. The van der Waals surface area contributed by atoms with Crippen molar-refractivity contribution in [1.82, 2.24) is 10.1 Å². The number of nitrogens with one attached hydrogen (secondary N) is 1. The van der Waals surface area contributed by atoms with E-state index in [1.807, 2.05) is 86.5 Å². The molecule has 1 atom stereocenters. The van der Waals surface area contributed by atoms with Crippen molar-refractivity contribution in [2.45, 2.75) is 26.4 Å². The third-order valence-corrected chi connectivity index (χ3v) is 4.21. The number of carbonyl (C=O) groups excluding carboxylic acids is 1. The number of benzene rings is 2. The van der Waals surface area contributed by atoms with E-state index in [2.05, 4.69) is 10.5 Å². The van der Waals surface area contributed by atoms with Gasteiger partial charge < -0.3 is 9.84 Å². The maximum Gasteiger partial charge on any atom is 0.246 e. The molecule has 0 saturated heterocycles. The van der Waals surface area contributed by atoms with Gasteiger partial charge >= 0.3 is 0 Å². The summed E-state index contributed by atoms with van der Waals surface area (Å²) in [6.45, 7) is 4.39. The van der Waals surface area contributed by atoms with Crippen LogP contribution in [0, 0.1) is 13.8 Å². The van der Waals surface area contributed by atoms with Crippen molar-refractivity contribution >= 4 is 11.6 Å². The summed E-state index contributed by atoms with van der Waals surface area (Å²) in [5.41, 5.74) is 3.67. The molecule has 1 unspecified atom stereocenters. The molecule has 2 aromatic carbocycles. The van der Waals surface area contributed by atoms with Gasteiger partial charge in [-0.15, -0.1) is 0 Å². The van der Waals surface area contributed by atoms with Gasteiger partial charge in [-0.2, -0.15) is 0 Å². The quantitative estimate of drug-likeness (QED) is 0.728. The minimum Gasteiger partial charge on any atom is -0.361 e. The molecule has 3 rings (SSSR count). The van der Waals surface area contributed by atoms with Crippen LogP contribution in [0.5, 0.6) is 0 Å². The lowest BCUT2D eigenvalue weighted by Gasteiger charge is -2.27. The highest BCUT2D eigenvalue weighted by Gasteiger charge is 2.26. The van der Waals surface area contributed by atoms with Gasteiger partial charge in [-0.05, 0) is 38.6 Å². The molecule has 1 heterocycles. The first-order chi connectivity index (χ1) is 12.5. The van der Waals surface area contributed by atoms with Crippen molar-refractivity contribution in [2.75, 3.05) is 12.4 Å². The van der Waals surface area contributed by atoms with Crippen LogP contribution in [0.15, 0.2) is 65.2 Å². The SMILES string of the molecule is Cc1ccc(NC(=O)C(c2ccccc2)N(C)Cc2cc(C)on2)cc1. The Morgan fingerprint density at radius 3 is 2.42 bits per heavy atom. The van der Waals surface area contributed by atoms with Crippen LogP contribution in [0.1, 0.15) is 28.6 Å². The highest BCUT2D eigenvalue weighted by atomic mass is 16.5. The van der Waals surface area contributed by atoms with Gasteiger partial charge in [0.1, 0.15) is 11.8 Å². The molecule has 5 nitrogen and oxygen atoms in total. The standard InChI is InChI=1S/C21H23N3O2/c1-15-9-11-18(12-10-15)22-21(25)20(17-7-5-4-6-8-17)24(3)14-19-13-16(2)26-23-19/h4-13,20H,14H2,1-3H3,(H,22,25). The number of amides is 1. The molecule has 0 aliphatic carbocycles. The molecular weight excluding hydrogens is 326 g/mol. The molecule has 1 N–H and O–H groups in total. The normalized spacial score (nSPS) is 12.2. The molecule has 134 valence electrons. The van der Waals surface area contributed by atoms with E-state index in [0.717, 1.165) is 28.3 Å². The number of anilines is 1. The molecule has 1 aromatic heterocycles. The summed E-state index contributed by atoms with van der Waals surface area (Å²) in [5, 5.41) is 7.05. The van der Waals surface area contributed by atoms with E-state index >= 15 is 0 Å². The van der Waals surface area contributed by atoms with Crippen LogP contribution in [-0.2, 0) is 11.3 Å². The molecule has 3 aromatic rings. The Balaban J connectivity index is 1.82. The third kappa shape index (κ3) is 4.37. The number of aryl methyl sites for hydroxylation is 2. The lowest BCUT2D eigenvalue weighted by Crippen LogP contribution is -2.34. The van der Waals surface area contributed by atoms with Gasteiger partial charge in [-0.25, -0.2) is 0 Å². The minimum atomic E-state index is -0.436. The summed E-state index contributed by atoms with van der Waals surface area (Å²) < 4.78 is 5.14. The topological polar surface area (TPSA) is 58.4 Å². The fraction of sp³-hybridized carbons (Fsp3) is 0.238. The van der Waals surface area contributed by atoms with Crippen molar-refractivity contribution in [3.8, 4) is 0 Å². The zero-order chi connectivity index (χ0) is 18.5. The zero-order valence-electron chi connectivity index (χ0n) is 15.3. The van der Waals surface area contributed by atoms with Crippen molar-refractivity contribution < 1.29 is 9.32 Å². The van der Waals surface area contributed by atoms with Crippen LogP contribution in [0.3, 0.4) is 0 Å². The number of likely N-dealkylation sites (N-methyl/N-ethyl adjacent to an activating group) is 1. The number of aromatic nitrogens is 1. The Bertz CT molecular complexity index is 856. The molecule has 0 bridgehead atoms. The molecule has 0 spiro atoms. The molecule has 26 heavy (non-hydrogen) atoms. The second kappa shape index (κ2) is 7.97. The smallest absolute Gasteiger partial charge is 0.246 e. The first kappa shape index (κ1) is 17.9. The molecule has 5 heteroatoms. The maximum absolute atomic E-state index is 13.0. The van der Waals surface area contributed by atoms with Crippen molar-refractivity contribution in [2.24, 2.45) is 0 Å². The molecule has 0 fully saturated rings. The maximum atomic E-state index is 13.0. The summed E-state index contributed by atoms with van der Waals surface area (Å²) in [5.74, 6) is 0.677. The lowest BCUT2D eigenvalue weighted by molar-refractivity contribution is -0.121. The highest BCUT2D eigenvalue weighted by Crippen LogP contribution is 2.23. The summed E-state index contributed by atoms with van der Waals surface area (Å²) in [6, 6.07) is 19.0. The number of hydrogen-bond acceptors (Lipinski definition) is 4. The van der Waals surface area contributed by atoms with E-state index in [1.54, 1.807) is 0 Å². The number of carbonyl (C=O) groups is 1. The van der Waals surface area contributed by atoms with E-state index in [1.165, 1.54) is 0 Å². The summed E-state index contributed by atoms with van der Waals surface area (Å²) in [6.07, 6.45) is 0. The summed E-state index contributed by atoms with van der Waals surface area (Å²) in [7, 11) is 1.91. The van der Waals surface area contributed by atoms with Crippen molar-refractivity contribution in [3.05, 3.63) is 83.2 Å². The fourth-order valence-corrected chi connectivity index (χ4v) is 2.93. The van der Waals surface area contributed by atoms with Crippen LogP contribution in [0.4, 0.5) is 5.69 Å². The Morgan fingerprint density at radius 1 is 1.12 bits per heavy atom. The van der Waals surface area contributed by atoms with Crippen LogP contribution >= 0.6 is 0 Å². The third-order valence-electron chi connectivity index (χ3n) is 4.21. The summed E-state index contributed by atoms with van der Waals surface area (Å²) in [4.78, 5) is 15.0. The number of rotatable bonds is 6. The molecule has 1 amide bonds.